The van der Waals surface area contributed by atoms with Crippen molar-refractivity contribution in [2.24, 2.45) is 0 Å². The fourth-order valence-corrected chi connectivity index (χ4v) is 5.01. The lowest BCUT2D eigenvalue weighted by Gasteiger charge is -2.14. The molecule has 114 valence electrons. The van der Waals surface area contributed by atoms with Gasteiger partial charge in [0, 0.05) is 16.1 Å². The minimum atomic E-state index is -4.02. The summed E-state index contributed by atoms with van der Waals surface area (Å²) >= 11 is 0.920. The van der Waals surface area contributed by atoms with Crippen molar-refractivity contribution in [3.63, 3.8) is 0 Å². The van der Waals surface area contributed by atoms with Crippen molar-refractivity contribution in [1.29, 1.82) is 0 Å². The Morgan fingerprint density at radius 3 is 2.62 bits per heavy atom. The maximum atomic E-state index is 12.5. The zero-order chi connectivity index (χ0) is 15.6. The number of nitrogens with one attached hydrogen (secondary N) is 1. The van der Waals surface area contributed by atoms with Gasteiger partial charge in [-0.3, -0.25) is 0 Å². The first-order valence-corrected chi connectivity index (χ1v) is 8.58. The summed E-state index contributed by atoms with van der Waals surface area (Å²) in [5.74, 6) is -1.28. The van der Waals surface area contributed by atoms with Crippen LogP contribution in [-0.2, 0) is 10.0 Å². The molecule has 1 aromatic heterocycles. The summed E-state index contributed by atoms with van der Waals surface area (Å²) in [6.07, 6.45) is 0.403. The Hall–Kier alpha value is -1.48. The van der Waals surface area contributed by atoms with Crippen molar-refractivity contribution in [3.05, 3.63) is 29.1 Å². The Bertz CT molecular complexity index is 762. The summed E-state index contributed by atoms with van der Waals surface area (Å²) in [7, 11) is -4.02. The summed E-state index contributed by atoms with van der Waals surface area (Å²) in [4.78, 5) is 10.9. The van der Waals surface area contributed by atoms with Crippen LogP contribution in [-0.4, -0.2) is 37.2 Å². The molecule has 0 spiro atoms. The number of aliphatic hydroxyl groups excluding tert-OH is 1. The fourth-order valence-electron chi connectivity index (χ4n) is 1.96. The number of carbonyl (C=O) groups is 1. The molecule has 0 aliphatic carbocycles. The number of hydrogen-bond acceptors (Lipinski definition) is 5. The number of benzene rings is 1. The molecule has 8 heteroatoms. The molecule has 0 aliphatic rings. The first-order chi connectivity index (χ1) is 9.90. The first kappa shape index (κ1) is 15.9. The maximum Gasteiger partial charge on any atom is 0.347 e. The molecular formula is C13H15NO5S2. The van der Waals surface area contributed by atoms with Gasteiger partial charge in [-0.2, -0.15) is 0 Å². The third-order valence-corrected chi connectivity index (χ3v) is 5.94. The van der Waals surface area contributed by atoms with E-state index in [1.54, 1.807) is 31.2 Å². The van der Waals surface area contributed by atoms with Crippen LogP contribution in [0.4, 0.5) is 0 Å². The Kier molecular flexibility index (Phi) is 4.62. The van der Waals surface area contributed by atoms with Crippen LogP contribution in [0.2, 0.25) is 0 Å². The Morgan fingerprint density at radius 1 is 1.38 bits per heavy atom. The molecule has 2 aromatic rings. The van der Waals surface area contributed by atoms with Crippen LogP contribution in [0.15, 0.2) is 29.2 Å². The molecule has 1 unspecified atom stereocenters. The average Bonchev–Trinajstić information content (AvgIpc) is 2.85. The van der Waals surface area contributed by atoms with E-state index in [9.17, 15) is 18.3 Å². The monoisotopic (exact) mass is 329 g/mol. The van der Waals surface area contributed by atoms with Gasteiger partial charge in [0.15, 0.2) is 0 Å². The molecule has 1 aromatic carbocycles. The minimum absolute atomic E-state index is 0.225. The van der Waals surface area contributed by atoms with E-state index >= 15 is 0 Å². The van der Waals surface area contributed by atoms with E-state index in [0.717, 1.165) is 11.3 Å². The molecule has 2 rings (SSSR count). The zero-order valence-electron chi connectivity index (χ0n) is 11.2. The van der Waals surface area contributed by atoms with Crippen molar-refractivity contribution in [1.82, 2.24) is 4.72 Å². The molecule has 3 N–H and O–H groups in total. The Balaban J connectivity index is 2.63. The highest BCUT2D eigenvalue weighted by Crippen LogP contribution is 2.34. The van der Waals surface area contributed by atoms with Gasteiger partial charge in [0.2, 0.25) is 10.0 Å². The number of fused-ring (bicyclic) bond motifs is 1. The molecule has 0 aliphatic heterocycles. The smallest absolute Gasteiger partial charge is 0.347 e. The van der Waals surface area contributed by atoms with Crippen LogP contribution in [0.3, 0.4) is 0 Å². The van der Waals surface area contributed by atoms with Crippen molar-refractivity contribution in [2.75, 3.05) is 6.61 Å². The largest absolute Gasteiger partial charge is 0.477 e. The number of carboxylic acids is 1. The summed E-state index contributed by atoms with van der Waals surface area (Å²) in [5.41, 5.74) is 0. The normalized spacial score (nSPS) is 13.4. The van der Waals surface area contributed by atoms with Crippen molar-refractivity contribution < 1.29 is 23.4 Å². The predicted octanol–water partition coefficient (Wildman–Crippen LogP) is 1.65. The third-order valence-electron chi connectivity index (χ3n) is 3.05. The second-order valence-electron chi connectivity index (χ2n) is 4.47. The molecule has 21 heavy (non-hydrogen) atoms. The first-order valence-electron chi connectivity index (χ1n) is 6.28. The number of rotatable bonds is 6. The van der Waals surface area contributed by atoms with E-state index in [0.29, 0.717) is 16.5 Å². The van der Waals surface area contributed by atoms with Crippen LogP contribution >= 0.6 is 11.3 Å². The van der Waals surface area contributed by atoms with E-state index < -0.39 is 22.0 Å². The van der Waals surface area contributed by atoms with E-state index in [1.807, 2.05) is 0 Å². The van der Waals surface area contributed by atoms with Crippen molar-refractivity contribution >= 4 is 37.4 Å². The number of carboxylic acid groups (broad SMARTS) is 1. The molecule has 1 atom stereocenters. The van der Waals surface area contributed by atoms with Crippen LogP contribution in [0.5, 0.6) is 0 Å². The lowest BCUT2D eigenvalue weighted by Crippen LogP contribution is -2.37. The average molecular weight is 329 g/mol. The topological polar surface area (TPSA) is 104 Å². The zero-order valence-corrected chi connectivity index (χ0v) is 12.9. The minimum Gasteiger partial charge on any atom is -0.477 e. The molecule has 0 saturated heterocycles. The van der Waals surface area contributed by atoms with Crippen molar-refractivity contribution in [2.45, 2.75) is 24.3 Å². The standard InChI is InChI=1S/C13H15NO5S2/c1-2-8(7-15)14-21(18,19)12-9-5-3-4-6-10(9)20-11(12)13(16)17/h3-6,8,14-15H,2,7H2,1H3,(H,16,17). The molecule has 0 bridgehead atoms. The number of thiophene rings is 1. The molecule has 1 heterocycles. The second-order valence-corrected chi connectivity index (χ2v) is 7.17. The van der Waals surface area contributed by atoms with Gasteiger partial charge in [0.1, 0.15) is 9.77 Å². The van der Waals surface area contributed by atoms with Crippen LogP contribution in [0.25, 0.3) is 10.1 Å². The number of aromatic carboxylic acids is 1. The van der Waals surface area contributed by atoms with Gasteiger partial charge in [0.05, 0.1) is 6.61 Å². The number of aliphatic hydroxyl groups is 1. The molecular weight excluding hydrogens is 314 g/mol. The maximum absolute atomic E-state index is 12.5. The molecule has 6 nitrogen and oxygen atoms in total. The van der Waals surface area contributed by atoms with Crippen LogP contribution in [0.1, 0.15) is 23.0 Å². The predicted molar refractivity (Wildman–Crippen MR) is 80.3 cm³/mol. The lowest BCUT2D eigenvalue weighted by molar-refractivity contribution is 0.0698. The quantitative estimate of drug-likeness (QED) is 0.747. The summed E-state index contributed by atoms with van der Waals surface area (Å²) in [6, 6.07) is 5.98. The highest BCUT2D eigenvalue weighted by molar-refractivity contribution is 7.90. The lowest BCUT2D eigenvalue weighted by atomic mass is 10.2. The van der Waals surface area contributed by atoms with E-state index in [4.69, 9.17) is 5.11 Å². The van der Waals surface area contributed by atoms with Crippen LogP contribution in [0, 0.1) is 0 Å². The van der Waals surface area contributed by atoms with E-state index in [2.05, 4.69) is 4.72 Å². The molecule has 0 amide bonds. The SMILES string of the molecule is CCC(CO)NS(=O)(=O)c1c(C(=O)O)sc2ccccc12. The molecule has 0 radical (unpaired) electrons. The van der Waals surface area contributed by atoms with Gasteiger partial charge in [-0.1, -0.05) is 25.1 Å². The van der Waals surface area contributed by atoms with Gasteiger partial charge < -0.3 is 10.2 Å². The van der Waals surface area contributed by atoms with Crippen molar-refractivity contribution in [3.8, 4) is 0 Å². The van der Waals surface area contributed by atoms with Gasteiger partial charge >= 0.3 is 5.97 Å². The molecule has 0 saturated carbocycles. The van der Waals surface area contributed by atoms with E-state index in [1.165, 1.54) is 0 Å². The molecule has 0 fully saturated rings. The fraction of sp³-hybridized carbons (Fsp3) is 0.308. The van der Waals surface area contributed by atoms with Crippen LogP contribution < -0.4 is 4.72 Å². The van der Waals surface area contributed by atoms with Gasteiger partial charge in [-0.25, -0.2) is 17.9 Å². The number of hydrogen-bond donors (Lipinski definition) is 3. The number of sulfonamides is 1. The summed E-state index contributed by atoms with van der Waals surface area (Å²) in [6.45, 7) is 1.38. The Morgan fingerprint density at radius 2 is 2.05 bits per heavy atom. The third kappa shape index (κ3) is 3.08. The summed E-state index contributed by atoms with van der Waals surface area (Å²) in [5, 5.41) is 18.8. The van der Waals surface area contributed by atoms with Gasteiger partial charge in [-0.15, -0.1) is 11.3 Å². The van der Waals surface area contributed by atoms with Gasteiger partial charge in [-0.05, 0) is 12.5 Å². The van der Waals surface area contributed by atoms with E-state index in [-0.39, 0.29) is 16.4 Å². The second kappa shape index (κ2) is 6.10. The highest BCUT2D eigenvalue weighted by Gasteiger charge is 2.29. The van der Waals surface area contributed by atoms with Gasteiger partial charge in [0.25, 0.3) is 0 Å². The highest BCUT2D eigenvalue weighted by atomic mass is 32.2. The Labute approximate surface area is 126 Å². The summed E-state index contributed by atoms with van der Waals surface area (Å²) < 4.78 is 27.9.